The molecule has 1 heterocycles. The predicted molar refractivity (Wildman–Crippen MR) is 49.0 cm³/mol. The van der Waals surface area contributed by atoms with Crippen molar-refractivity contribution in [3.05, 3.63) is 0 Å². The second-order valence-electron chi connectivity index (χ2n) is 3.48. The molecule has 1 fully saturated rings. The van der Waals surface area contributed by atoms with Gasteiger partial charge in [0.2, 0.25) is 5.91 Å². The van der Waals surface area contributed by atoms with Crippen molar-refractivity contribution >= 4 is 5.91 Å². The third-order valence-corrected chi connectivity index (χ3v) is 2.34. The van der Waals surface area contributed by atoms with Gasteiger partial charge in [0.1, 0.15) is 31.0 Å². The standard InChI is InChI=1S/C8H15NO7/c10-1-3-5(13)6(14)7(15)8(16-3)9-4(12)2-11/h3,5-8,10-11,13-15H,1-2H2,(H,9,12)/t3-,5-,6+,7+,8?/m1/s1. The van der Waals surface area contributed by atoms with E-state index in [9.17, 15) is 20.1 Å². The summed E-state index contributed by atoms with van der Waals surface area (Å²) in [5, 5.41) is 47.6. The van der Waals surface area contributed by atoms with Crippen LogP contribution in [0, 0.1) is 0 Å². The van der Waals surface area contributed by atoms with E-state index in [-0.39, 0.29) is 0 Å². The Kier molecular flexibility index (Phi) is 4.59. The normalized spacial score (nSPS) is 39.4. The maximum Gasteiger partial charge on any atom is 0.247 e. The lowest BCUT2D eigenvalue weighted by molar-refractivity contribution is -0.236. The van der Waals surface area contributed by atoms with Gasteiger partial charge in [-0.25, -0.2) is 0 Å². The number of hydrogen-bond acceptors (Lipinski definition) is 7. The molecule has 8 nitrogen and oxygen atoms in total. The van der Waals surface area contributed by atoms with Gasteiger partial charge in [-0.3, -0.25) is 4.79 Å². The second-order valence-corrected chi connectivity index (χ2v) is 3.48. The summed E-state index contributed by atoms with van der Waals surface area (Å²) in [5.41, 5.74) is 0. The maximum atomic E-state index is 10.8. The number of rotatable bonds is 3. The minimum atomic E-state index is -1.55. The highest BCUT2D eigenvalue weighted by molar-refractivity contribution is 5.77. The molecule has 0 bridgehead atoms. The molecule has 0 saturated carbocycles. The van der Waals surface area contributed by atoms with Gasteiger partial charge in [-0.15, -0.1) is 0 Å². The van der Waals surface area contributed by atoms with Crippen LogP contribution >= 0.6 is 0 Å². The second kappa shape index (κ2) is 5.53. The van der Waals surface area contributed by atoms with Crippen LogP contribution in [0.1, 0.15) is 0 Å². The molecule has 0 spiro atoms. The van der Waals surface area contributed by atoms with E-state index in [1.165, 1.54) is 0 Å². The van der Waals surface area contributed by atoms with Gasteiger partial charge in [-0.1, -0.05) is 0 Å². The van der Waals surface area contributed by atoms with E-state index < -0.39 is 49.8 Å². The van der Waals surface area contributed by atoms with Gasteiger partial charge in [0, 0.05) is 0 Å². The van der Waals surface area contributed by atoms with Crippen LogP contribution in [0.4, 0.5) is 0 Å². The highest BCUT2D eigenvalue weighted by Crippen LogP contribution is 2.19. The average molecular weight is 237 g/mol. The molecule has 8 heteroatoms. The van der Waals surface area contributed by atoms with Gasteiger partial charge < -0.3 is 35.6 Å². The van der Waals surface area contributed by atoms with Crippen molar-refractivity contribution in [2.45, 2.75) is 30.6 Å². The Morgan fingerprint density at radius 2 is 1.75 bits per heavy atom. The third kappa shape index (κ3) is 2.67. The van der Waals surface area contributed by atoms with Crippen LogP contribution in [0.15, 0.2) is 0 Å². The fourth-order valence-corrected chi connectivity index (χ4v) is 1.43. The fourth-order valence-electron chi connectivity index (χ4n) is 1.43. The lowest BCUT2D eigenvalue weighted by Crippen LogP contribution is -2.63. The van der Waals surface area contributed by atoms with Gasteiger partial charge in [0.25, 0.3) is 0 Å². The molecule has 1 unspecified atom stereocenters. The molecule has 1 saturated heterocycles. The molecule has 0 aromatic rings. The first-order valence-corrected chi connectivity index (χ1v) is 4.72. The SMILES string of the molecule is O=C(CO)NC1O[C@H](CO)[C@@H](O)[C@H](O)[C@@H]1O. The van der Waals surface area contributed by atoms with E-state index in [2.05, 4.69) is 5.32 Å². The van der Waals surface area contributed by atoms with Gasteiger partial charge in [0.15, 0.2) is 6.23 Å². The number of aliphatic hydroxyl groups is 5. The van der Waals surface area contributed by atoms with Crippen molar-refractivity contribution < 1.29 is 35.1 Å². The highest BCUT2D eigenvalue weighted by Gasteiger charge is 2.43. The molecule has 5 atom stereocenters. The molecular formula is C8H15NO7. The Hall–Kier alpha value is -0.770. The highest BCUT2D eigenvalue weighted by atomic mass is 16.6. The molecule has 0 aromatic carbocycles. The Morgan fingerprint density at radius 3 is 2.25 bits per heavy atom. The lowest BCUT2D eigenvalue weighted by Gasteiger charge is -2.39. The van der Waals surface area contributed by atoms with Crippen molar-refractivity contribution in [2.75, 3.05) is 13.2 Å². The Balaban J connectivity index is 2.67. The van der Waals surface area contributed by atoms with Crippen LogP contribution < -0.4 is 5.32 Å². The van der Waals surface area contributed by atoms with Gasteiger partial charge in [-0.2, -0.15) is 0 Å². The Bertz CT molecular complexity index is 247. The zero-order chi connectivity index (χ0) is 12.3. The number of amides is 1. The monoisotopic (exact) mass is 237 g/mol. The summed E-state index contributed by atoms with van der Waals surface area (Å²) in [6.45, 7) is -1.37. The Labute approximate surface area is 91.1 Å². The zero-order valence-electron chi connectivity index (χ0n) is 8.35. The van der Waals surface area contributed by atoms with Gasteiger partial charge in [0.05, 0.1) is 6.61 Å². The van der Waals surface area contributed by atoms with Crippen molar-refractivity contribution in [1.29, 1.82) is 0 Å². The summed E-state index contributed by atoms with van der Waals surface area (Å²) in [7, 11) is 0. The van der Waals surface area contributed by atoms with Crippen molar-refractivity contribution in [1.82, 2.24) is 5.32 Å². The summed E-state index contributed by atoms with van der Waals surface area (Å²) in [6.07, 6.45) is -6.91. The summed E-state index contributed by atoms with van der Waals surface area (Å²) in [6, 6.07) is 0. The summed E-state index contributed by atoms with van der Waals surface area (Å²) in [5.74, 6) is -0.802. The molecule has 94 valence electrons. The summed E-state index contributed by atoms with van der Waals surface area (Å²) < 4.78 is 4.95. The molecule has 0 aliphatic carbocycles. The first-order chi connectivity index (χ1) is 7.51. The minimum absolute atomic E-state index is 0.573. The molecule has 0 aromatic heterocycles. The van der Waals surface area contributed by atoms with E-state index in [1.54, 1.807) is 0 Å². The van der Waals surface area contributed by atoms with Crippen LogP contribution in [0.3, 0.4) is 0 Å². The number of aliphatic hydroxyl groups excluding tert-OH is 5. The number of carbonyl (C=O) groups excluding carboxylic acids is 1. The number of hydrogen-bond donors (Lipinski definition) is 6. The molecule has 1 aliphatic heterocycles. The van der Waals surface area contributed by atoms with Crippen LogP contribution in [0.2, 0.25) is 0 Å². The first-order valence-electron chi connectivity index (χ1n) is 4.72. The van der Waals surface area contributed by atoms with E-state index >= 15 is 0 Å². The van der Waals surface area contributed by atoms with Crippen LogP contribution in [0.5, 0.6) is 0 Å². The minimum Gasteiger partial charge on any atom is -0.394 e. The lowest BCUT2D eigenvalue weighted by atomic mass is 9.98. The summed E-state index contributed by atoms with van der Waals surface area (Å²) in [4.78, 5) is 10.8. The molecule has 1 rings (SSSR count). The largest absolute Gasteiger partial charge is 0.394 e. The molecule has 0 radical (unpaired) electrons. The first kappa shape index (κ1) is 13.3. The van der Waals surface area contributed by atoms with Gasteiger partial charge >= 0.3 is 0 Å². The topological polar surface area (TPSA) is 139 Å². The number of ether oxygens (including phenoxy) is 1. The van der Waals surface area contributed by atoms with E-state index in [0.29, 0.717) is 0 Å². The van der Waals surface area contributed by atoms with Gasteiger partial charge in [-0.05, 0) is 0 Å². The van der Waals surface area contributed by atoms with E-state index in [0.717, 1.165) is 0 Å². The smallest absolute Gasteiger partial charge is 0.247 e. The molecular weight excluding hydrogens is 222 g/mol. The maximum absolute atomic E-state index is 10.8. The summed E-state index contributed by atoms with van der Waals surface area (Å²) >= 11 is 0. The molecule has 16 heavy (non-hydrogen) atoms. The average Bonchev–Trinajstić information content (AvgIpc) is 2.29. The predicted octanol–water partition coefficient (Wildman–Crippen LogP) is -4.11. The van der Waals surface area contributed by atoms with Crippen LogP contribution in [-0.4, -0.2) is 75.3 Å². The Morgan fingerprint density at radius 1 is 1.12 bits per heavy atom. The molecule has 6 N–H and O–H groups in total. The van der Waals surface area contributed by atoms with Crippen LogP contribution in [-0.2, 0) is 9.53 Å². The quantitative estimate of drug-likeness (QED) is 0.293. The number of carbonyl (C=O) groups is 1. The van der Waals surface area contributed by atoms with Crippen LogP contribution in [0.25, 0.3) is 0 Å². The van der Waals surface area contributed by atoms with E-state index in [1.807, 2.05) is 0 Å². The van der Waals surface area contributed by atoms with Crippen molar-refractivity contribution in [3.63, 3.8) is 0 Å². The number of nitrogens with one attached hydrogen (secondary N) is 1. The third-order valence-electron chi connectivity index (χ3n) is 2.34. The van der Waals surface area contributed by atoms with Crippen molar-refractivity contribution in [3.8, 4) is 0 Å². The zero-order valence-corrected chi connectivity index (χ0v) is 8.35. The fraction of sp³-hybridized carbons (Fsp3) is 0.875. The van der Waals surface area contributed by atoms with Crippen molar-refractivity contribution in [2.24, 2.45) is 0 Å². The molecule has 1 aliphatic rings. The molecule has 1 amide bonds. The van der Waals surface area contributed by atoms with E-state index in [4.69, 9.17) is 14.9 Å².